The van der Waals surface area contributed by atoms with Gasteiger partial charge in [0.15, 0.2) is 0 Å². The highest BCUT2D eigenvalue weighted by Gasteiger charge is 2.13. The number of nitrogens with one attached hydrogen (secondary N) is 1. The Labute approximate surface area is 131 Å². The van der Waals surface area contributed by atoms with E-state index in [4.69, 9.17) is 4.74 Å². The molecule has 0 aliphatic rings. The fraction of sp³-hybridized carbons (Fsp3) is 0.188. The Bertz CT molecular complexity index is 643. The first-order valence-electron chi connectivity index (χ1n) is 6.41. The van der Waals surface area contributed by atoms with Crippen molar-refractivity contribution in [1.29, 1.82) is 0 Å². The van der Waals surface area contributed by atoms with E-state index in [0.717, 1.165) is 11.3 Å². The van der Waals surface area contributed by atoms with E-state index < -0.39 is 5.82 Å². The van der Waals surface area contributed by atoms with Gasteiger partial charge in [-0.15, -0.1) is 0 Å². The van der Waals surface area contributed by atoms with Crippen molar-refractivity contribution in [2.45, 2.75) is 13.0 Å². The molecule has 0 saturated carbocycles. The van der Waals surface area contributed by atoms with Crippen LogP contribution in [0.5, 0.6) is 5.75 Å². The zero-order chi connectivity index (χ0) is 15.4. The van der Waals surface area contributed by atoms with E-state index in [9.17, 15) is 9.18 Å². The Morgan fingerprint density at radius 3 is 2.48 bits per heavy atom. The first-order chi connectivity index (χ1) is 10.0. The Morgan fingerprint density at radius 1 is 1.24 bits per heavy atom. The highest BCUT2D eigenvalue weighted by Crippen LogP contribution is 2.19. The maximum atomic E-state index is 13.4. The zero-order valence-corrected chi connectivity index (χ0v) is 13.3. The Kier molecular flexibility index (Phi) is 4.96. The van der Waals surface area contributed by atoms with Gasteiger partial charge in [0.1, 0.15) is 11.6 Å². The minimum atomic E-state index is -0.459. The molecule has 0 aromatic heterocycles. The number of amides is 1. The van der Waals surface area contributed by atoms with Crippen LogP contribution in [0.1, 0.15) is 28.9 Å². The molecule has 0 heterocycles. The molecule has 21 heavy (non-hydrogen) atoms. The van der Waals surface area contributed by atoms with Gasteiger partial charge < -0.3 is 10.1 Å². The molecule has 0 bridgehead atoms. The van der Waals surface area contributed by atoms with Crippen molar-refractivity contribution in [1.82, 2.24) is 5.32 Å². The third kappa shape index (κ3) is 3.82. The van der Waals surface area contributed by atoms with E-state index in [1.165, 1.54) is 12.1 Å². The van der Waals surface area contributed by atoms with Crippen molar-refractivity contribution in [2.75, 3.05) is 7.11 Å². The van der Waals surface area contributed by atoms with Crippen LogP contribution < -0.4 is 10.1 Å². The summed E-state index contributed by atoms with van der Waals surface area (Å²) in [6, 6.07) is 11.5. The highest BCUT2D eigenvalue weighted by atomic mass is 79.9. The lowest BCUT2D eigenvalue weighted by Gasteiger charge is -2.15. The molecule has 0 saturated heterocycles. The van der Waals surface area contributed by atoms with Crippen LogP contribution in [0.4, 0.5) is 4.39 Å². The lowest BCUT2D eigenvalue weighted by molar-refractivity contribution is 0.0939. The summed E-state index contributed by atoms with van der Waals surface area (Å²) in [7, 11) is 1.60. The summed E-state index contributed by atoms with van der Waals surface area (Å²) >= 11 is 3.06. The second-order valence-corrected chi connectivity index (χ2v) is 5.45. The number of halogens is 2. The second-order valence-electron chi connectivity index (χ2n) is 4.60. The molecule has 1 amide bonds. The highest BCUT2D eigenvalue weighted by molar-refractivity contribution is 9.10. The van der Waals surface area contributed by atoms with Crippen molar-refractivity contribution < 1.29 is 13.9 Å². The Hall–Kier alpha value is -1.88. The van der Waals surface area contributed by atoms with Gasteiger partial charge in [-0.2, -0.15) is 0 Å². The van der Waals surface area contributed by atoms with Crippen LogP contribution in [0.15, 0.2) is 46.9 Å². The quantitative estimate of drug-likeness (QED) is 0.900. The van der Waals surface area contributed by atoms with Crippen molar-refractivity contribution in [3.8, 4) is 5.75 Å². The minimum absolute atomic E-state index is 0.185. The molecule has 0 aliphatic heterocycles. The lowest BCUT2D eigenvalue weighted by Crippen LogP contribution is -2.26. The lowest BCUT2D eigenvalue weighted by atomic mass is 10.1. The summed E-state index contributed by atoms with van der Waals surface area (Å²) in [5.74, 6) is -0.0169. The number of benzene rings is 2. The summed E-state index contributed by atoms with van der Waals surface area (Å²) in [6.45, 7) is 1.87. The van der Waals surface area contributed by atoms with Crippen LogP contribution in [0.25, 0.3) is 0 Å². The summed E-state index contributed by atoms with van der Waals surface area (Å²) in [4.78, 5) is 12.1. The standard InChI is InChI=1S/C16H15BrFNO2/c1-10(11-3-6-13(21-2)7-4-11)19-16(20)12-5-8-14(17)15(18)9-12/h3-10H,1-2H3,(H,19,20). The van der Waals surface area contributed by atoms with Crippen LogP contribution in [-0.4, -0.2) is 13.0 Å². The molecule has 1 atom stereocenters. The molecule has 2 rings (SSSR count). The number of methoxy groups -OCH3 is 1. The predicted molar refractivity (Wildman–Crippen MR) is 83.0 cm³/mol. The Balaban J connectivity index is 2.08. The fourth-order valence-corrected chi connectivity index (χ4v) is 2.14. The van der Waals surface area contributed by atoms with E-state index in [0.29, 0.717) is 4.47 Å². The first kappa shape index (κ1) is 15.5. The molecule has 0 spiro atoms. The molecule has 0 aliphatic carbocycles. The second kappa shape index (κ2) is 6.72. The molecule has 5 heteroatoms. The maximum absolute atomic E-state index is 13.4. The number of carbonyl (C=O) groups excluding carboxylic acids is 1. The summed E-state index contributed by atoms with van der Waals surface area (Å²) in [6.07, 6.45) is 0. The molecule has 2 aromatic carbocycles. The van der Waals surface area contributed by atoms with Crippen LogP contribution in [0.3, 0.4) is 0 Å². The Morgan fingerprint density at radius 2 is 1.90 bits per heavy atom. The molecule has 0 fully saturated rings. The molecule has 110 valence electrons. The van der Waals surface area contributed by atoms with Crippen LogP contribution in [-0.2, 0) is 0 Å². The summed E-state index contributed by atoms with van der Waals surface area (Å²) < 4.78 is 18.9. The van der Waals surface area contributed by atoms with Gasteiger partial charge in [0, 0.05) is 5.56 Å². The number of carbonyl (C=O) groups is 1. The molecular weight excluding hydrogens is 337 g/mol. The molecule has 0 radical (unpaired) electrons. The van der Waals surface area contributed by atoms with Gasteiger partial charge in [-0.05, 0) is 58.7 Å². The zero-order valence-electron chi connectivity index (χ0n) is 11.7. The predicted octanol–water partition coefficient (Wildman–Crippen LogP) is 4.09. The van der Waals surface area contributed by atoms with E-state index >= 15 is 0 Å². The van der Waals surface area contributed by atoms with Gasteiger partial charge in [-0.1, -0.05) is 12.1 Å². The molecular formula is C16H15BrFNO2. The van der Waals surface area contributed by atoms with Gasteiger partial charge in [0.25, 0.3) is 5.91 Å². The van der Waals surface area contributed by atoms with Gasteiger partial charge in [-0.3, -0.25) is 4.79 Å². The van der Waals surface area contributed by atoms with E-state index in [-0.39, 0.29) is 17.5 Å². The van der Waals surface area contributed by atoms with Crippen molar-refractivity contribution in [3.05, 3.63) is 63.9 Å². The third-order valence-electron chi connectivity index (χ3n) is 3.15. The summed E-state index contributed by atoms with van der Waals surface area (Å²) in [5.41, 5.74) is 1.23. The van der Waals surface area contributed by atoms with Gasteiger partial charge >= 0.3 is 0 Å². The topological polar surface area (TPSA) is 38.3 Å². The van der Waals surface area contributed by atoms with Crippen LogP contribution in [0, 0.1) is 5.82 Å². The maximum Gasteiger partial charge on any atom is 0.251 e. The largest absolute Gasteiger partial charge is 0.497 e. The average Bonchev–Trinajstić information content (AvgIpc) is 2.50. The van der Waals surface area contributed by atoms with Gasteiger partial charge in [0.2, 0.25) is 0 Å². The van der Waals surface area contributed by atoms with Crippen molar-refractivity contribution in [2.24, 2.45) is 0 Å². The molecule has 1 N–H and O–H groups in total. The van der Waals surface area contributed by atoms with E-state index in [2.05, 4.69) is 21.2 Å². The molecule has 1 unspecified atom stereocenters. The number of hydrogen-bond donors (Lipinski definition) is 1. The number of hydrogen-bond acceptors (Lipinski definition) is 2. The number of rotatable bonds is 4. The van der Waals surface area contributed by atoms with Crippen molar-refractivity contribution in [3.63, 3.8) is 0 Å². The van der Waals surface area contributed by atoms with Crippen LogP contribution >= 0.6 is 15.9 Å². The fourth-order valence-electron chi connectivity index (χ4n) is 1.89. The monoisotopic (exact) mass is 351 g/mol. The van der Waals surface area contributed by atoms with Crippen molar-refractivity contribution >= 4 is 21.8 Å². The average molecular weight is 352 g/mol. The molecule has 3 nitrogen and oxygen atoms in total. The smallest absolute Gasteiger partial charge is 0.251 e. The SMILES string of the molecule is COc1ccc(C(C)NC(=O)c2ccc(Br)c(F)c2)cc1. The van der Waals surface area contributed by atoms with E-state index in [1.54, 1.807) is 13.2 Å². The summed E-state index contributed by atoms with van der Waals surface area (Å²) in [5, 5.41) is 2.83. The molecule has 2 aromatic rings. The van der Waals surface area contributed by atoms with E-state index in [1.807, 2.05) is 31.2 Å². The number of ether oxygens (including phenoxy) is 1. The normalized spacial score (nSPS) is 11.8. The third-order valence-corrected chi connectivity index (χ3v) is 3.79. The first-order valence-corrected chi connectivity index (χ1v) is 7.20. The van der Waals surface area contributed by atoms with Gasteiger partial charge in [0.05, 0.1) is 17.6 Å². The van der Waals surface area contributed by atoms with Gasteiger partial charge in [-0.25, -0.2) is 4.39 Å². The minimum Gasteiger partial charge on any atom is -0.497 e. The van der Waals surface area contributed by atoms with Crippen LogP contribution in [0.2, 0.25) is 0 Å².